The molecular weight excluding hydrogens is 328 g/mol. The standard InChI is InChI=1S/C21H26N2O3/c1-22-18-8-5-13-23(14-18)21(24)16-26-20-11-9-19(10-12-20)25-15-17-6-3-2-4-7-17/h2-4,6-7,9-12,18,22H,5,8,13-16H2,1H3. The molecule has 1 heterocycles. The first-order valence-corrected chi connectivity index (χ1v) is 9.09. The van der Waals surface area contributed by atoms with Gasteiger partial charge in [0.2, 0.25) is 0 Å². The summed E-state index contributed by atoms with van der Waals surface area (Å²) in [6, 6.07) is 17.8. The van der Waals surface area contributed by atoms with Gasteiger partial charge in [0, 0.05) is 19.1 Å². The molecule has 0 bridgehead atoms. The van der Waals surface area contributed by atoms with Crippen molar-refractivity contribution in [3.63, 3.8) is 0 Å². The van der Waals surface area contributed by atoms with Crippen LogP contribution in [0.25, 0.3) is 0 Å². The molecule has 0 aliphatic carbocycles. The maximum Gasteiger partial charge on any atom is 0.260 e. The van der Waals surface area contributed by atoms with Crippen molar-refractivity contribution >= 4 is 5.91 Å². The second kappa shape index (κ2) is 9.25. The first kappa shape index (κ1) is 18.3. The number of carbonyl (C=O) groups is 1. The lowest BCUT2D eigenvalue weighted by atomic mass is 10.1. The van der Waals surface area contributed by atoms with Gasteiger partial charge in [0.1, 0.15) is 18.1 Å². The zero-order chi connectivity index (χ0) is 18.2. The van der Waals surface area contributed by atoms with Crippen molar-refractivity contribution in [1.29, 1.82) is 0 Å². The molecule has 5 nitrogen and oxygen atoms in total. The Hall–Kier alpha value is -2.53. The Bertz CT molecular complexity index is 688. The van der Waals surface area contributed by atoms with Crippen LogP contribution in [-0.2, 0) is 11.4 Å². The topological polar surface area (TPSA) is 50.8 Å². The number of carbonyl (C=O) groups excluding carboxylic acids is 1. The van der Waals surface area contributed by atoms with E-state index in [2.05, 4.69) is 5.32 Å². The summed E-state index contributed by atoms with van der Waals surface area (Å²) >= 11 is 0. The lowest BCUT2D eigenvalue weighted by Gasteiger charge is -2.32. The van der Waals surface area contributed by atoms with Crippen LogP contribution in [0.2, 0.25) is 0 Å². The van der Waals surface area contributed by atoms with Crippen molar-refractivity contribution in [3.8, 4) is 11.5 Å². The zero-order valence-corrected chi connectivity index (χ0v) is 15.2. The van der Waals surface area contributed by atoms with Crippen LogP contribution in [0.1, 0.15) is 18.4 Å². The van der Waals surface area contributed by atoms with E-state index in [1.165, 1.54) is 0 Å². The summed E-state index contributed by atoms with van der Waals surface area (Å²) in [7, 11) is 1.94. The minimum atomic E-state index is 0.0364. The highest BCUT2D eigenvalue weighted by Crippen LogP contribution is 2.19. The molecule has 1 unspecified atom stereocenters. The van der Waals surface area contributed by atoms with E-state index in [0.717, 1.165) is 37.2 Å². The molecule has 3 rings (SSSR count). The molecule has 26 heavy (non-hydrogen) atoms. The minimum absolute atomic E-state index is 0.0364. The van der Waals surface area contributed by atoms with Crippen LogP contribution in [0.4, 0.5) is 0 Å². The first-order chi connectivity index (χ1) is 12.7. The summed E-state index contributed by atoms with van der Waals surface area (Å²) in [5.41, 5.74) is 1.12. The average molecular weight is 354 g/mol. The summed E-state index contributed by atoms with van der Waals surface area (Å²) in [6.07, 6.45) is 2.15. The van der Waals surface area contributed by atoms with Crippen LogP contribution < -0.4 is 14.8 Å². The summed E-state index contributed by atoms with van der Waals surface area (Å²) in [6.45, 7) is 2.17. The van der Waals surface area contributed by atoms with Crippen molar-refractivity contribution in [1.82, 2.24) is 10.2 Å². The van der Waals surface area contributed by atoms with Crippen LogP contribution in [0.3, 0.4) is 0 Å². The molecule has 1 amide bonds. The number of rotatable bonds is 7. The van der Waals surface area contributed by atoms with Gasteiger partial charge in [-0.2, -0.15) is 0 Å². The second-order valence-corrected chi connectivity index (χ2v) is 6.50. The van der Waals surface area contributed by atoms with E-state index in [4.69, 9.17) is 9.47 Å². The fourth-order valence-electron chi connectivity index (χ4n) is 3.05. The molecule has 1 aliphatic heterocycles. The number of ether oxygens (including phenoxy) is 2. The fraction of sp³-hybridized carbons (Fsp3) is 0.381. The summed E-state index contributed by atoms with van der Waals surface area (Å²) in [4.78, 5) is 14.2. The lowest BCUT2D eigenvalue weighted by molar-refractivity contribution is -0.134. The third-order valence-corrected chi connectivity index (χ3v) is 4.62. The quantitative estimate of drug-likeness (QED) is 0.831. The Morgan fingerprint density at radius 3 is 2.46 bits per heavy atom. The molecular formula is C21H26N2O3. The van der Waals surface area contributed by atoms with Crippen molar-refractivity contribution in [3.05, 3.63) is 60.2 Å². The number of hydrogen-bond acceptors (Lipinski definition) is 4. The zero-order valence-electron chi connectivity index (χ0n) is 15.2. The number of amides is 1. The molecule has 0 saturated carbocycles. The summed E-state index contributed by atoms with van der Waals surface area (Å²) < 4.78 is 11.4. The van der Waals surface area contributed by atoms with Crippen LogP contribution >= 0.6 is 0 Å². The van der Waals surface area contributed by atoms with E-state index in [0.29, 0.717) is 18.4 Å². The van der Waals surface area contributed by atoms with Gasteiger partial charge in [-0.05, 0) is 49.7 Å². The number of likely N-dealkylation sites (tertiary alicyclic amines) is 1. The number of benzene rings is 2. The number of hydrogen-bond donors (Lipinski definition) is 1. The Balaban J connectivity index is 1.44. The minimum Gasteiger partial charge on any atom is -0.489 e. The molecule has 0 spiro atoms. The van der Waals surface area contributed by atoms with Gasteiger partial charge in [-0.25, -0.2) is 0 Å². The van der Waals surface area contributed by atoms with E-state index in [1.807, 2.05) is 66.5 Å². The molecule has 1 fully saturated rings. The normalized spacial score (nSPS) is 17.0. The summed E-state index contributed by atoms with van der Waals surface area (Å²) in [5, 5.41) is 3.24. The second-order valence-electron chi connectivity index (χ2n) is 6.50. The maximum atomic E-state index is 12.3. The van der Waals surface area contributed by atoms with Crippen LogP contribution in [0, 0.1) is 0 Å². The highest BCUT2D eigenvalue weighted by molar-refractivity contribution is 5.78. The number of piperidine rings is 1. The molecule has 2 aromatic rings. The average Bonchev–Trinajstić information content (AvgIpc) is 2.72. The third kappa shape index (κ3) is 5.23. The van der Waals surface area contributed by atoms with Gasteiger partial charge in [-0.15, -0.1) is 0 Å². The van der Waals surface area contributed by atoms with Gasteiger partial charge in [0.15, 0.2) is 6.61 Å². The van der Waals surface area contributed by atoms with E-state index < -0.39 is 0 Å². The smallest absolute Gasteiger partial charge is 0.260 e. The molecule has 2 aromatic carbocycles. The molecule has 1 aliphatic rings. The molecule has 138 valence electrons. The van der Waals surface area contributed by atoms with E-state index in [1.54, 1.807) is 0 Å². The van der Waals surface area contributed by atoms with Gasteiger partial charge in [-0.3, -0.25) is 4.79 Å². The van der Waals surface area contributed by atoms with Crippen LogP contribution in [0.5, 0.6) is 11.5 Å². The first-order valence-electron chi connectivity index (χ1n) is 9.09. The van der Waals surface area contributed by atoms with Gasteiger partial charge in [0.05, 0.1) is 0 Å². The molecule has 0 radical (unpaired) electrons. The van der Waals surface area contributed by atoms with E-state index in [-0.39, 0.29) is 12.5 Å². The Kier molecular flexibility index (Phi) is 6.50. The van der Waals surface area contributed by atoms with Gasteiger partial charge in [-0.1, -0.05) is 30.3 Å². The predicted octanol–water partition coefficient (Wildman–Crippen LogP) is 2.85. The number of nitrogens with one attached hydrogen (secondary N) is 1. The van der Waals surface area contributed by atoms with Crippen molar-refractivity contribution < 1.29 is 14.3 Å². The predicted molar refractivity (Wildman–Crippen MR) is 101 cm³/mol. The molecule has 1 saturated heterocycles. The Labute approximate surface area is 154 Å². The highest BCUT2D eigenvalue weighted by atomic mass is 16.5. The van der Waals surface area contributed by atoms with E-state index >= 15 is 0 Å². The van der Waals surface area contributed by atoms with Crippen molar-refractivity contribution in [2.24, 2.45) is 0 Å². The van der Waals surface area contributed by atoms with Crippen molar-refractivity contribution in [2.45, 2.75) is 25.5 Å². The van der Waals surface area contributed by atoms with E-state index in [9.17, 15) is 4.79 Å². The van der Waals surface area contributed by atoms with Crippen molar-refractivity contribution in [2.75, 3.05) is 26.7 Å². The largest absolute Gasteiger partial charge is 0.489 e. The molecule has 1 atom stereocenters. The summed E-state index contributed by atoms with van der Waals surface area (Å²) in [5.74, 6) is 1.49. The number of likely N-dealkylation sites (N-methyl/N-ethyl adjacent to an activating group) is 1. The SMILES string of the molecule is CNC1CCCN(C(=O)COc2ccc(OCc3ccccc3)cc2)C1. The van der Waals surface area contributed by atoms with Crippen LogP contribution in [-0.4, -0.2) is 43.6 Å². The Morgan fingerprint density at radius 2 is 1.77 bits per heavy atom. The lowest BCUT2D eigenvalue weighted by Crippen LogP contribution is -2.48. The van der Waals surface area contributed by atoms with Gasteiger partial charge >= 0.3 is 0 Å². The third-order valence-electron chi connectivity index (χ3n) is 4.62. The fourth-order valence-corrected chi connectivity index (χ4v) is 3.05. The number of nitrogens with zero attached hydrogens (tertiary/aromatic N) is 1. The molecule has 0 aromatic heterocycles. The maximum absolute atomic E-state index is 12.3. The molecule has 1 N–H and O–H groups in total. The highest BCUT2D eigenvalue weighted by Gasteiger charge is 2.22. The monoisotopic (exact) mass is 354 g/mol. The Morgan fingerprint density at radius 1 is 1.08 bits per heavy atom. The van der Waals surface area contributed by atoms with Gasteiger partial charge in [0.25, 0.3) is 5.91 Å². The molecule has 5 heteroatoms. The van der Waals surface area contributed by atoms with Crippen LogP contribution in [0.15, 0.2) is 54.6 Å². The van der Waals surface area contributed by atoms with Gasteiger partial charge < -0.3 is 19.7 Å².